The van der Waals surface area contributed by atoms with Gasteiger partial charge in [0, 0.05) is 29.1 Å². The first-order valence-electron chi connectivity index (χ1n) is 15.4. The maximum Gasteiger partial charge on any atom is 0.264 e. The van der Waals surface area contributed by atoms with Gasteiger partial charge in [-0.3, -0.25) is 4.79 Å². The number of fused-ring (bicyclic) bond motifs is 6. The van der Waals surface area contributed by atoms with Gasteiger partial charge in [-0.15, -0.1) is 0 Å². The number of hydrogen-bond acceptors (Lipinski definition) is 6. The number of nitrogens with one attached hydrogen (secondary N) is 1. The Balaban J connectivity index is 1.30. The van der Waals surface area contributed by atoms with Crippen LogP contribution in [0.5, 0.6) is 5.75 Å². The van der Waals surface area contributed by atoms with E-state index in [-0.39, 0.29) is 17.3 Å². The third-order valence-electron chi connectivity index (χ3n) is 10.6. The van der Waals surface area contributed by atoms with Crippen molar-refractivity contribution in [2.24, 2.45) is 17.8 Å². The molecular formula is C33H39ClN2O5S. The van der Waals surface area contributed by atoms with Crippen LogP contribution < -0.4 is 14.4 Å². The second kappa shape index (κ2) is 10.9. The van der Waals surface area contributed by atoms with E-state index >= 15 is 0 Å². The molecule has 2 N–H and O–H groups in total. The van der Waals surface area contributed by atoms with Gasteiger partial charge in [0.1, 0.15) is 5.75 Å². The Kier molecular flexibility index (Phi) is 7.30. The quantitative estimate of drug-likeness (QED) is 0.389. The highest BCUT2D eigenvalue weighted by Gasteiger charge is 2.44. The molecule has 2 fully saturated rings. The smallest absolute Gasteiger partial charge is 0.264 e. The first kappa shape index (κ1) is 28.2. The minimum atomic E-state index is -3.85. The van der Waals surface area contributed by atoms with Crippen molar-refractivity contribution in [3.8, 4) is 5.75 Å². The second-order valence-corrected chi connectivity index (χ2v) is 15.6. The predicted octanol–water partition coefficient (Wildman–Crippen LogP) is 5.39. The average Bonchev–Trinajstić information content (AvgIpc) is 3.10. The number of aryl methyl sites for hydroxylation is 1. The number of rotatable bonds is 0. The number of allylic oxidation sites excluding steroid dienone is 1. The third kappa shape index (κ3) is 5.13. The Hall–Kier alpha value is -2.55. The number of sulfonamides is 1. The number of aliphatic hydroxyl groups excluding tert-OH is 1. The Morgan fingerprint density at radius 3 is 2.76 bits per heavy atom. The van der Waals surface area contributed by atoms with Gasteiger partial charge >= 0.3 is 0 Å². The lowest BCUT2D eigenvalue weighted by Gasteiger charge is -2.45. The van der Waals surface area contributed by atoms with Gasteiger partial charge in [-0.1, -0.05) is 36.2 Å². The van der Waals surface area contributed by atoms with Crippen molar-refractivity contribution in [2.75, 3.05) is 24.6 Å². The van der Waals surface area contributed by atoms with E-state index in [1.807, 2.05) is 24.3 Å². The Morgan fingerprint density at radius 2 is 1.93 bits per heavy atom. The van der Waals surface area contributed by atoms with Crippen LogP contribution in [0.1, 0.15) is 72.9 Å². The van der Waals surface area contributed by atoms with Crippen molar-refractivity contribution in [3.05, 3.63) is 70.3 Å². The molecule has 224 valence electrons. The van der Waals surface area contributed by atoms with Crippen LogP contribution in [0.25, 0.3) is 0 Å². The van der Waals surface area contributed by atoms with E-state index in [1.165, 1.54) is 11.1 Å². The van der Waals surface area contributed by atoms with Gasteiger partial charge in [-0.25, -0.2) is 13.1 Å². The topological polar surface area (TPSA) is 95.9 Å². The van der Waals surface area contributed by atoms with E-state index in [2.05, 4.69) is 21.8 Å². The normalized spacial score (nSPS) is 34.6. The lowest BCUT2D eigenvalue weighted by atomic mass is 9.68. The molecule has 0 aromatic heterocycles. The molecule has 2 aromatic carbocycles. The number of amides is 1. The maximum absolute atomic E-state index is 13.4. The zero-order chi connectivity index (χ0) is 29.1. The summed E-state index contributed by atoms with van der Waals surface area (Å²) in [4.78, 5) is 15.7. The SMILES string of the molecule is O=C1NS(=O)(=O)[C@@H]2CCC[C@@H](/C=C/[C@H](O)[C@@H]3CC[C@H]3CN3C[C@@]4(CCCc5cc(Cl)ccc54)COc4ccc1cc43)C2. The fourth-order valence-corrected chi connectivity index (χ4v) is 9.85. The Labute approximate surface area is 253 Å². The summed E-state index contributed by atoms with van der Waals surface area (Å²) in [7, 11) is -3.85. The first-order valence-corrected chi connectivity index (χ1v) is 17.4. The number of nitrogens with zero attached hydrogens (tertiary/aromatic N) is 1. The van der Waals surface area contributed by atoms with E-state index in [4.69, 9.17) is 16.3 Å². The van der Waals surface area contributed by atoms with Gasteiger partial charge in [-0.2, -0.15) is 0 Å². The summed E-state index contributed by atoms with van der Waals surface area (Å²) < 4.78 is 35.6. The highest BCUT2D eigenvalue weighted by molar-refractivity contribution is 7.90. The van der Waals surface area contributed by atoms with Crippen molar-refractivity contribution in [3.63, 3.8) is 0 Å². The van der Waals surface area contributed by atoms with Gasteiger partial charge in [0.05, 0.1) is 23.6 Å². The van der Waals surface area contributed by atoms with Crippen LogP contribution in [0.3, 0.4) is 0 Å². The number of ether oxygens (including phenoxy) is 1. The molecule has 6 atom stereocenters. The molecule has 2 aromatic rings. The first-order chi connectivity index (χ1) is 20.2. The molecule has 0 radical (unpaired) electrons. The third-order valence-corrected chi connectivity index (χ3v) is 12.6. The molecule has 2 aliphatic heterocycles. The van der Waals surface area contributed by atoms with Gasteiger partial charge < -0.3 is 14.7 Å². The molecule has 1 amide bonds. The number of anilines is 1. The number of halogens is 1. The summed E-state index contributed by atoms with van der Waals surface area (Å²) in [6, 6.07) is 11.5. The summed E-state index contributed by atoms with van der Waals surface area (Å²) >= 11 is 6.39. The summed E-state index contributed by atoms with van der Waals surface area (Å²) in [5.74, 6) is 0.608. The fraction of sp³-hybridized carbons (Fsp3) is 0.545. The average molecular weight is 611 g/mol. The van der Waals surface area contributed by atoms with Crippen LogP contribution in [0, 0.1) is 17.8 Å². The lowest BCUT2D eigenvalue weighted by Crippen LogP contribution is -2.49. The van der Waals surface area contributed by atoms with Crippen LogP contribution in [-0.2, 0) is 21.9 Å². The van der Waals surface area contributed by atoms with E-state index in [0.717, 1.165) is 62.2 Å². The monoisotopic (exact) mass is 610 g/mol. The fourth-order valence-electron chi connectivity index (χ4n) is 8.13. The number of carbonyl (C=O) groups excluding carboxylic acids is 1. The molecule has 7 rings (SSSR count). The van der Waals surface area contributed by atoms with Crippen molar-refractivity contribution in [2.45, 2.75) is 74.6 Å². The molecule has 42 heavy (non-hydrogen) atoms. The maximum atomic E-state index is 13.4. The van der Waals surface area contributed by atoms with Crippen LogP contribution in [0.15, 0.2) is 48.6 Å². The Bertz CT molecular complexity index is 1530. The van der Waals surface area contributed by atoms with Crippen LogP contribution in [-0.4, -0.2) is 50.5 Å². The number of benzene rings is 2. The summed E-state index contributed by atoms with van der Waals surface area (Å²) in [5, 5.41) is 11.4. The molecular weight excluding hydrogens is 572 g/mol. The van der Waals surface area contributed by atoms with E-state index < -0.39 is 27.3 Å². The second-order valence-electron chi connectivity index (χ2n) is 13.2. The van der Waals surface area contributed by atoms with Crippen molar-refractivity contribution in [1.82, 2.24) is 4.72 Å². The van der Waals surface area contributed by atoms with Crippen molar-refractivity contribution in [1.29, 1.82) is 0 Å². The van der Waals surface area contributed by atoms with Gasteiger partial charge in [-0.05, 0) is 111 Å². The van der Waals surface area contributed by atoms with Gasteiger partial charge in [0.25, 0.3) is 5.91 Å². The predicted molar refractivity (Wildman–Crippen MR) is 164 cm³/mol. The Morgan fingerprint density at radius 1 is 1.05 bits per heavy atom. The van der Waals surface area contributed by atoms with Gasteiger partial charge in [0.15, 0.2) is 0 Å². The summed E-state index contributed by atoms with van der Waals surface area (Å²) in [6.45, 7) is 1.94. The highest BCUT2D eigenvalue weighted by atomic mass is 35.5. The van der Waals surface area contributed by atoms with E-state index in [1.54, 1.807) is 12.1 Å². The molecule has 1 spiro atoms. The standard InChI is InChI=1S/C33H39ClN2O5S/c34-25-9-11-28-22(16-25)4-2-14-33(28)19-36-18-24-7-10-27(24)30(37)12-6-21-3-1-5-26(15-21)42(39,40)35-32(38)23-8-13-31(41-20-33)29(36)17-23/h6,8-9,11-13,16-17,21,24,26-27,30,37H,1-5,7,10,14-15,18-20H2,(H,35,38)/b12-6+/t21-,24-,26+,27+,30-,33-/m0/s1. The molecule has 4 bridgehead atoms. The molecule has 0 unspecified atom stereocenters. The molecule has 7 nitrogen and oxygen atoms in total. The largest absolute Gasteiger partial charge is 0.490 e. The molecule has 3 aliphatic carbocycles. The molecule has 5 aliphatic rings. The van der Waals surface area contributed by atoms with Crippen molar-refractivity contribution < 1.29 is 23.1 Å². The minimum Gasteiger partial charge on any atom is -0.490 e. The van der Waals surface area contributed by atoms with Crippen LogP contribution in [0.2, 0.25) is 5.02 Å². The van der Waals surface area contributed by atoms with E-state index in [0.29, 0.717) is 43.2 Å². The summed E-state index contributed by atoms with van der Waals surface area (Å²) in [5.41, 5.74) is 3.39. The zero-order valence-electron chi connectivity index (χ0n) is 23.8. The van der Waals surface area contributed by atoms with Crippen molar-refractivity contribution >= 4 is 33.2 Å². The zero-order valence-corrected chi connectivity index (χ0v) is 25.4. The highest BCUT2D eigenvalue weighted by Crippen LogP contribution is 2.47. The number of aliphatic hydroxyl groups is 1. The summed E-state index contributed by atoms with van der Waals surface area (Å²) in [6.07, 6.45) is 11.0. The van der Waals surface area contributed by atoms with Crippen LogP contribution >= 0.6 is 11.6 Å². The molecule has 2 saturated carbocycles. The molecule has 2 heterocycles. The van der Waals surface area contributed by atoms with Crippen LogP contribution in [0.4, 0.5) is 5.69 Å². The lowest BCUT2D eigenvalue weighted by molar-refractivity contribution is 0.0453. The molecule has 0 saturated heterocycles. The number of carbonyl (C=O) groups is 1. The van der Waals surface area contributed by atoms with E-state index in [9.17, 15) is 18.3 Å². The van der Waals surface area contributed by atoms with Gasteiger partial charge in [0.2, 0.25) is 10.0 Å². The number of hydrogen-bond donors (Lipinski definition) is 2. The molecule has 9 heteroatoms. The minimum absolute atomic E-state index is 0.0740.